The first kappa shape index (κ1) is 14.0. The fraction of sp³-hybridized carbons (Fsp3) is 0.941. The van der Waals surface area contributed by atoms with Gasteiger partial charge in [-0.2, -0.15) is 0 Å². The third kappa shape index (κ3) is 2.72. The topological polar surface area (TPSA) is 32.8 Å². The second kappa shape index (κ2) is 5.54. The predicted octanol–water partition coefficient (Wildman–Crippen LogP) is 2.03. The number of carbonyl (C=O) groups is 1. The molecule has 3 aliphatic heterocycles. The molecule has 1 saturated carbocycles. The molecule has 0 bridgehead atoms. The Kier molecular flexibility index (Phi) is 3.70. The Morgan fingerprint density at radius 1 is 1.05 bits per heavy atom. The minimum absolute atomic E-state index is 0.134. The van der Waals surface area contributed by atoms with Crippen molar-refractivity contribution in [2.45, 2.75) is 63.0 Å². The summed E-state index contributed by atoms with van der Waals surface area (Å²) in [6.45, 7) is 5.26. The number of ether oxygens (including phenoxy) is 1. The van der Waals surface area contributed by atoms with E-state index < -0.39 is 0 Å². The SMILES string of the molecule is O=C(C1CCCO1)N1CCC2(CCCN2CC2CC2)CC1. The maximum Gasteiger partial charge on any atom is 0.251 e. The van der Waals surface area contributed by atoms with E-state index in [0.29, 0.717) is 5.54 Å². The Morgan fingerprint density at radius 2 is 1.86 bits per heavy atom. The Hall–Kier alpha value is -0.610. The molecule has 3 heterocycles. The summed E-state index contributed by atoms with van der Waals surface area (Å²) in [5.74, 6) is 1.24. The van der Waals surface area contributed by atoms with Gasteiger partial charge in [0.25, 0.3) is 5.91 Å². The number of hydrogen-bond acceptors (Lipinski definition) is 3. The van der Waals surface area contributed by atoms with Crippen LogP contribution in [0.4, 0.5) is 0 Å². The molecule has 3 saturated heterocycles. The summed E-state index contributed by atoms with van der Waals surface area (Å²) in [6.07, 6.45) is 9.78. The molecular weight excluding hydrogens is 264 g/mol. The zero-order valence-corrected chi connectivity index (χ0v) is 13.1. The minimum atomic E-state index is -0.134. The molecule has 0 aromatic carbocycles. The second-order valence-corrected chi connectivity index (χ2v) is 7.54. The lowest BCUT2D eigenvalue weighted by atomic mass is 9.84. The number of rotatable bonds is 3. The van der Waals surface area contributed by atoms with Crippen molar-refractivity contribution in [3.05, 3.63) is 0 Å². The van der Waals surface area contributed by atoms with E-state index in [2.05, 4.69) is 9.80 Å². The van der Waals surface area contributed by atoms with Crippen molar-refractivity contribution in [3.63, 3.8) is 0 Å². The molecule has 4 rings (SSSR count). The molecule has 4 nitrogen and oxygen atoms in total. The lowest BCUT2D eigenvalue weighted by Gasteiger charge is -2.45. The highest BCUT2D eigenvalue weighted by Crippen LogP contribution is 2.42. The van der Waals surface area contributed by atoms with E-state index >= 15 is 0 Å². The maximum atomic E-state index is 12.5. The Labute approximate surface area is 127 Å². The van der Waals surface area contributed by atoms with Crippen LogP contribution in [0, 0.1) is 5.92 Å². The average molecular weight is 292 g/mol. The Bertz CT molecular complexity index is 394. The van der Waals surface area contributed by atoms with Crippen LogP contribution in [0.3, 0.4) is 0 Å². The number of likely N-dealkylation sites (tertiary alicyclic amines) is 2. The molecular formula is C17H28N2O2. The highest BCUT2D eigenvalue weighted by Gasteiger charge is 2.45. The van der Waals surface area contributed by atoms with Crippen molar-refractivity contribution in [2.75, 3.05) is 32.8 Å². The van der Waals surface area contributed by atoms with Crippen LogP contribution in [-0.2, 0) is 9.53 Å². The molecule has 21 heavy (non-hydrogen) atoms. The van der Waals surface area contributed by atoms with Crippen molar-refractivity contribution in [3.8, 4) is 0 Å². The van der Waals surface area contributed by atoms with Crippen molar-refractivity contribution >= 4 is 5.91 Å². The Morgan fingerprint density at radius 3 is 2.52 bits per heavy atom. The van der Waals surface area contributed by atoms with E-state index in [1.807, 2.05) is 0 Å². The third-order valence-electron chi connectivity index (χ3n) is 6.13. The summed E-state index contributed by atoms with van der Waals surface area (Å²) >= 11 is 0. The predicted molar refractivity (Wildman–Crippen MR) is 81.1 cm³/mol. The normalized spacial score (nSPS) is 33.0. The van der Waals surface area contributed by atoms with Gasteiger partial charge < -0.3 is 9.64 Å². The lowest BCUT2D eigenvalue weighted by molar-refractivity contribution is -0.143. The summed E-state index contributed by atoms with van der Waals surface area (Å²) in [4.78, 5) is 17.3. The van der Waals surface area contributed by atoms with E-state index in [0.717, 1.165) is 38.5 Å². The molecule has 0 N–H and O–H groups in total. The van der Waals surface area contributed by atoms with Gasteiger partial charge in [-0.25, -0.2) is 0 Å². The van der Waals surface area contributed by atoms with Crippen molar-refractivity contribution in [2.24, 2.45) is 5.92 Å². The van der Waals surface area contributed by atoms with Crippen LogP contribution in [0.5, 0.6) is 0 Å². The van der Waals surface area contributed by atoms with E-state index in [-0.39, 0.29) is 12.0 Å². The van der Waals surface area contributed by atoms with E-state index in [1.54, 1.807) is 0 Å². The first-order valence-electron chi connectivity index (χ1n) is 8.92. The summed E-state index contributed by atoms with van der Waals surface area (Å²) in [5.41, 5.74) is 0.426. The van der Waals surface area contributed by atoms with Gasteiger partial charge in [0.05, 0.1) is 0 Å². The molecule has 0 radical (unpaired) electrons. The zero-order valence-electron chi connectivity index (χ0n) is 13.1. The van der Waals surface area contributed by atoms with Gasteiger partial charge in [0, 0.05) is 31.8 Å². The fourth-order valence-corrected chi connectivity index (χ4v) is 4.58. The maximum absolute atomic E-state index is 12.5. The standard InChI is InChI=1S/C17H28N2O2/c20-16(15-3-1-12-21-15)18-10-7-17(8-11-18)6-2-9-19(17)13-14-4-5-14/h14-15H,1-13H2. The van der Waals surface area contributed by atoms with Crippen molar-refractivity contribution in [1.29, 1.82) is 0 Å². The number of piperidine rings is 1. The quantitative estimate of drug-likeness (QED) is 0.798. The van der Waals surface area contributed by atoms with Gasteiger partial charge >= 0.3 is 0 Å². The average Bonchev–Trinajstić information content (AvgIpc) is 3.01. The van der Waals surface area contributed by atoms with Gasteiger partial charge in [-0.3, -0.25) is 9.69 Å². The Balaban J connectivity index is 1.35. The molecule has 1 spiro atoms. The summed E-state index contributed by atoms with van der Waals surface area (Å²) < 4.78 is 5.57. The molecule has 4 aliphatic rings. The highest BCUT2D eigenvalue weighted by atomic mass is 16.5. The molecule has 118 valence electrons. The van der Waals surface area contributed by atoms with Crippen LogP contribution in [0.1, 0.15) is 51.4 Å². The first-order valence-corrected chi connectivity index (χ1v) is 8.92. The van der Waals surface area contributed by atoms with Gasteiger partial charge in [-0.1, -0.05) is 0 Å². The molecule has 1 amide bonds. The van der Waals surface area contributed by atoms with Gasteiger partial charge in [0.15, 0.2) is 0 Å². The summed E-state index contributed by atoms with van der Waals surface area (Å²) in [5, 5.41) is 0. The number of hydrogen-bond donors (Lipinski definition) is 0. The molecule has 1 aliphatic carbocycles. The molecule has 1 unspecified atom stereocenters. The van der Waals surface area contributed by atoms with E-state index in [1.165, 1.54) is 51.6 Å². The number of nitrogens with zero attached hydrogens (tertiary/aromatic N) is 2. The summed E-state index contributed by atoms with van der Waals surface area (Å²) in [6, 6.07) is 0. The van der Waals surface area contributed by atoms with E-state index in [9.17, 15) is 4.79 Å². The summed E-state index contributed by atoms with van der Waals surface area (Å²) in [7, 11) is 0. The van der Waals surface area contributed by atoms with Crippen LogP contribution < -0.4 is 0 Å². The molecule has 4 heteroatoms. The van der Waals surface area contributed by atoms with Crippen LogP contribution in [0.25, 0.3) is 0 Å². The number of amides is 1. The van der Waals surface area contributed by atoms with Crippen molar-refractivity contribution < 1.29 is 9.53 Å². The van der Waals surface area contributed by atoms with Crippen LogP contribution in [0.15, 0.2) is 0 Å². The van der Waals surface area contributed by atoms with Gasteiger partial charge in [0.2, 0.25) is 0 Å². The van der Waals surface area contributed by atoms with Crippen molar-refractivity contribution in [1.82, 2.24) is 9.80 Å². The van der Waals surface area contributed by atoms with Crippen LogP contribution in [0.2, 0.25) is 0 Å². The minimum Gasteiger partial charge on any atom is -0.368 e. The lowest BCUT2D eigenvalue weighted by Crippen LogP contribution is -2.55. The first-order chi connectivity index (χ1) is 10.3. The molecule has 1 atom stereocenters. The van der Waals surface area contributed by atoms with E-state index in [4.69, 9.17) is 4.74 Å². The molecule has 4 fully saturated rings. The largest absolute Gasteiger partial charge is 0.368 e. The van der Waals surface area contributed by atoms with Gasteiger partial charge in [0.1, 0.15) is 6.10 Å². The van der Waals surface area contributed by atoms with Gasteiger partial charge in [-0.05, 0) is 63.8 Å². The number of carbonyl (C=O) groups excluding carboxylic acids is 1. The smallest absolute Gasteiger partial charge is 0.251 e. The zero-order chi connectivity index (χ0) is 14.3. The van der Waals surface area contributed by atoms with Crippen LogP contribution >= 0.6 is 0 Å². The van der Waals surface area contributed by atoms with Gasteiger partial charge in [-0.15, -0.1) is 0 Å². The van der Waals surface area contributed by atoms with Crippen LogP contribution in [-0.4, -0.2) is 60.1 Å². The third-order valence-corrected chi connectivity index (χ3v) is 6.13. The highest BCUT2D eigenvalue weighted by molar-refractivity contribution is 5.81. The molecule has 0 aromatic rings. The molecule has 0 aromatic heterocycles. The second-order valence-electron chi connectivity index (χ2n) is 7.54. The fourth-order valence-electron chi connectivity index (χ4n) is 4.58. The monoisotopic (exact) mass is 292 g/mol.